The molecule has 0 spiro atoms. The summed E-state index contributed by atoms with van der Waals surface area (Å²) in [5, 5.41) is 12.0. The summed E-state index contributed by atoms with van der Waals surface area (Å²) in [4.78, 5) is 14.7. The number of aryl methyl sites for hydroxylation is 2. The molecule has 1 amide bonds. The van der Waals surface area contributed by atoms with Crippen LogP contribution in [0, 0.1) is 6.92 Å². The van der Waals surface area contributed by atoms with Crippen LogP contribution in [0.1, 0.15) is 42.6 Å². The number of carbonyl (C=O) groups is 1. The molecule has 9 heteroatoms. The number of carbonyl (C=O) groups excluding carboxylic acids is 1. The maximum Gasteiger partial charge on any atom is 0.412 e. The van der Waals surface area contributed by atoms with Crippen molar-refractivity contribution in [3.63, 3.8) is 0 Å². The fourth-order valence-corrected chi connectivity index (χ4v) is 4.57. The molecular weight excluding hydrogens is 430 g/mol. The highest BCUT2D eigenvalue weighted by Gasteiger charge is 2.24. The van der Waals surface area contributed by atoms with Gasteiger partial charge < -0.3 is 14.7 Å². The average molecular weight is 462 g/mol. The van der Waals surface area contributed by atoms with Crippen molar-refractivity contribution in [3.8, 4) is 0 Å². The second-order valence-electron chi connectivity index (χ2n) is 8.00. The molecule has 0 saturated carbocycles. The lowest BCUT2D eigenvalue weighted by molar-refractivity contribution is 0.0999. The van der Waals surface area contributed by atoms with Crippen molar-refractivity contribution in [2.45, 2.75) is 39.2 Å². The highest BCUT2D eigenvalue weighted by molar-refractivity contribution is 7.92. The van der Waals surface area contributed by atoms with Crippen molar-refractivity contribution in [2.75, 3.05) is 40.9 Å². The summed E-state index contributed by atoms with van der Waals surface area (Å²) in [5.74, 6) is 0. The number of hydrogen-bond donors (Lipinski definition) is 3. The summed E-state index contributed by atoms with van der Waals surface area (Å²) in [5.41, 5.74) is 4.94. The largest absolute Gasteiger partial charge is 0.441 e. The van der Waals surface area contributed by atoms with Gasteiger partial charge in [-0.25, -0.2) is 13.2 Å². The van der Waals surface area contributed by atoms with Crippen LogP contribution in [0.2, 0.25) is 0 Å². The van der Waals surface area contributed by atoms with Crippen molar-refractivity contribution in [1.29, 1.82) is 0 Å². The third-order valence-corrected chi connectivity index (χ3v) is 6.12. The Morgan fingerprint density at radius 3 is 2.69 bits per heavy atom. The summed E-state index contributed by atoms with van der Waals surface area (Å²) >= 11 is 0. The number of aliphatic hydroxyl groups excluding tert-OH is 1. The lowest BCUT2D eigenvalue weighted by Gasteiger charge is -2.26. The number of anilines is 3. The van der Waals surface area contributed by atoms with Gasteiger partial charge in [-0.1, -0.05) is 6.07 Å². The van der Waals surface area contributed by atoms with E-state index in [9.17, 15) is 18.3 Å². The van der Waals surface area contributed by atoms with Crippen LogP contribution in [-0.2, 0) is 21.2 Å². The van der Waals surface area contributed by atoms with Gasteiger partial charge in [-0.15, -0.1) is 0 Å². The molecule has 0 fully saturated rings. The molecule has 1 aliphatic rings. The van der Waals surface area contributed by atoms with Gasteiger partial charge in [0.15, 0.2) is 0 Å². The monoisotopic (exact) mass is 461 g/mol. The van der Waals surface area contributed by atoms with Gasteiger partial charge in [0.05, 0.1) is 12.9 Å². The molecule has 0 aromatic heterocycles. The normalized spacial score (nSPS) is 15.6. The van der Waals surface area contributed by atoms with Crippen molar-refractivity contribution < 1.29 is 23.1 Å². The van der Waals surface area contributed by atoms with E-state index in [1.807, 2.05) is 38.1 Å². The first-order valence-electron chi connectivity index (χ1n) is 10.7. The SMILES string of the molecule is CCN(CCO)c1ccc(NC(=O)OC2CCCc3cc(NS(C)(=O)=O)ccc32)c(C)c1. The number of ether oxygens (including phenoxy) is 1. The fraction of sp³-hybridized carbons (Fsp3) is 0.435. The van der Waals surface area contributed by atoms with Gasteiger partial charge in [-0.3, -0.25) is 10.0 Å². The zero-order valence-electron chi connectivity index (χ0n) is 18.7. The Labute approximate surface area is 189 Å². The fourth-order valence-electron chi connectivity index (χ4n) is 4.01. The Morgan fingerprint density at radius 1 is 1.25 bits per heavy atom. The third-order valence-electron chi connectivity index (χ3n) is 5.52. The summed E-state index contributed by atoms with van der Waals surface area (Å²) in [6.45, 7) is 5.34. The molecule has 0 radical (unpaired) electrons. The molecule has 1 unspecified atom stereocenters. The predicted molar refractivity (Wildman–Crippen MR) is 127 cm³/mol. The number of hydrogen-bond acceptors (Lipinski definition) is 6. The number of benzene rings is 2. The van der Waals surface area contributed by atoms with Crippen LogP contribution >= 0.6 is 0 Å². The molecule has 1 atom stereocenters. The first-order valence-corrected chi connectivity index (χ1v) is 12.6. The number of aliphatic hydroxyl groups is 1. The van der Waals surface area contributed by atoms with Crippen molar-refractivity contribution in [1.82, 2.24) is 0 Å². The minimum atomic E-state index is -3.35. The first-order chi connectivity index (χ1) is 15.2. The van der Waals surface area contributed by atoms with Gasteiger partial charge in [0.2, 0.25) is 10.0 Å². The zero-order chi connectivity index (χ0) is 23.3. The standard InChI is InChI=1S/C23H31N3O5S/c1-4-26(12-13-27)19-9-11-21(16(2)14-19)24-23(28)31-22-7-5-6-17-15-18(8-10-20(17)22)25-32(3,29)30/h8-11,14-15,22,25,27H,4-7,12-13H2,1-3H3,(H,24,28). The molecule has 2 aromatic carbocycles. The molecule has 174 valence electrons. The van der Waals surface area contributed by atoms with Gasteiger partial charge in [0.25, 0.3) is 0 Å². The first kappa shape index (κ1) is 23.9. The number of nitrogens with one attached hydrogen (secondary N) is 2. The van der Waals surface area contributed by atoms with Gasteiger partial charge in [0, 0.05) is 30.2 Å². The molecule has 32 heavy (non-hydrogen) atoms. The zero-order valence-corrected chi connectivity index (χ0v) is 19.5. The number of fused-ring (bicyclic) bond motifs is 1. The smallest absolute Gasteiger partial charge is 0.412 e. The maximum absolute atomic E-state index is 12.6. The second kappa shape index (κ2) is 10.2. The van der Waals surface area contributed by atoms with Crippen LogP contribution < -0.4 is 14.9 Å². The molecule has 1 aliphatic carbocycles. The van der Waals surface area contributed by atoms with Crippen LogP contribution in [0.15, 0.2) is 36.4 Å². The van der Waals surface area contributed by atoms with E-state index in [2.05, 4.69) is 14.9 Å². The Balaban J connectivity index is 1.68. The summed E-state index contributed by atoms with van der Waals surface area (Å²) in [7, 11) is -3.35. The highest BCUT2D eigenvalue weighted by atomic mass is 32.2. The van der Waals surface area contributed by atoms with Crippen molar-refractivity contribution >= 4 is 33.2 Å². The summed E-state index contributed by atoms with van der Waals surface area (Å²) < 4.78 is 31.2. The number of likely N-dealkylation sites (N-methyl/N-ethyl adjacent to an activating group) is 1. The number of nitrogens with zero attached hydrogens (tertiary/aromatic N) is 1. The molecule has 2 aromatic rings. The Morgan fingerprint density at radius 2 is 2.03 bits per heavy atom. The molecule has 8 nitrogen and oxygen atoms in total. The molecule has 0 aliphatic heterocycles. The van der Waals surface area contributed by atoms with E-state index in [1.165, 1.54) is 0 Å². The van der Waals surface area contributed by atoms with Crippen LogP contribution in [0.4, 0.5) is 21.9 Å². The van der Waals surface area contributed by atoms with Crippen LogP contribution in [0.5, 0.6) is 0 Å². The highest BCUT2D eigenvalue weighted by Crippen LogP contribution is 2.34. The molecule has 0 heterocycles. The molecule has 3 N–H and O–H groups in total. The summed E-state index contributed by atoms with van der Waals surface area (Å²) in [6, 6.07) is 11.0. The van der Waals surface area contributed by atoms with Gasteiger partial charge in [-0.2, -0.15) is 0 Å². The van der Waals surface area contributed by atoms with E-state index in [0.29, 0.717) is 24.3 Å². The van der Waals surface area contributed by atoms with Crippen LogP contribution in [-0.4, -0.2) is 45.6 Å². The Kier molecular flexibility index (Phi) is 7.63. The lowest BCUT2D eigenvalue weighted by Crippen LogP contribution is -2.26. The topological polar surface area (TPSA) is 108 Å². The second-order valence-corrected chi connectivity index (χ2v) is 9.75. The quantitative estimate of drug-likeness (QED) is 0.552. The van der Waals surface area contributed by atoms with Gasteiger partial charge in [-0.05, 0) is 80.1 Å². The molecule has 3 rings (SSSR count). The minimum Gasteiger partial charge on any atom is -0.441 e. The van der Waals surface area contributed by atoms with E-state index >= 15 is 0 Å². The Bertz CT molecular complexity index is 1070. The van der Waals surface area contributed by atoms with E-state index in [-0.39, 0.29) is 12.7 Å². The number of sulfonamides is 1. The lowest BCUT2D eigenvalue weighted by atomic mass is 9.89. The van der Waals surface area contributed by atoms with Crippen LogP contribution in [0.3, 0.4) is 0 Å². The van der Waals surface area contributed by atoms with E-state index in [1.54, 1.807) is 12.1 Å². The number of rotatable bonds is 8. The van der Waals surface area contributed by atoms with E-state index in [4.69, 9.17) is 4.74 Å². The average Bonchev–Trinajstić information content (AvgIpc) is 2.72. The minimum absolute atomic E-state index is 0.0773. The predicted octanol–water partition coefficient (Wildman–Crippen LogP) is 3.81. The van der Waals surface area contributed by atoms with Gasteiger partial charge >= 0.3 is 6.09 Å². The Hall–Kier alpha value is -2.78. The maximum atomic E-state index is 12.6. The molecule has 0 saturated heterocycles. The van der Waals surface area contributed by atoms with Crippen LogP contribution in [0.25, 0.3) is 0 Å². The van der Waals surface area contributed by atoms with E-state index < -0.39 is 16.1 Å². The van der Waals surface area contributed by atoms with Crippen molar-refractivity contribution in [3.05, 3.63) is 53.1 Å². The number of amides is 1. The van der Waals surface area contributed by atoms with E-state index in [0.717, 1.165) is 48.0 Å². The summed E-state index contributed by atoms with van der Waals surface area (Å²) in [6.07, 6.45) is 2.57. The molecular formula is C23H31N3O5S. The van der Waals surface area contributed by atoms with Gasteiger partial charge in [0.1, 0.15) is 6.10 Å². The third kappa shape index (κ3) is 6.14. The molecule has 0 bridgehead atoms. The van der Waals surface area contributed by atoms with Crippen molar-refractivity contribution in [2.24, 2.45) is 0 Å².